The van der Waals surface area contributed by atoms with E-state index in [1.807, 2.05) is 6.07 Å². The lowest BCUT2D eigenvalue weighted by Gasteiger charge is -2.07. The second kappa shape index (κ2) is 5.44. The molecule has 0 saturated heterocycles. The van der Waals surface area contributed by atoms with E-state index in [4.69, 9.17) is 4.74 Å². The van der Waals surface area contributed by atoms with Crippen molar-refractivity contribution in [1.29, 1.82) is 0 Å². The van der Waals surface area contributed by atoms with Gasteiger partial charge in [-0.25, -0.2) is 13.9 Å². The monoisotopic (exact) mass is 349 g/mol. The van der Waals surface area contributed by atoms with Crippen LogP contribution in [0.5, 0.6) is 11.6 Å². The van der Waals surface area contributed by atoms with Gasteiger partial charge in [-0.2, -0.15) is 5.10 Å². The van der Waals surface area contributed by atoms with Crippen molar-refractivity contribution in [2.24, 2.45) is 0 Å². The minimum Gasteiger partial charge on any atom is -0.436 e. The molecule has 0 saturated carbocycles. The lowest BCUT2D eigenvalue weighted by molar-refractivity contribution is 0.460. The molecule has 0 fully saturated rings. The van der Waals surface area contributed by atoms with E-state index in [-0.39, 0.29) is 5.82 Å². The van der Waals surface area contributed by atoms with Crippen molar-refractivity contribution in [3.63, 3.8) is 0 Å². The summed E-state index contributed by atoms with van der Waals surface area (Å²) >= 11 is 3.28. The Labute approximate surface area is 129 Å². The summed E-state index contributed by atoms with van der Waals surface area (Å²) in [6, 6.07) is 6.20. The van der Waals surface area contributed by atoms with E-state index in [2.05, 4.69) is 39.9 Å². The third-order valence-corrected chi connectivity index (χ3v) is 3.69. The van der Waals surface area contributed by atoms with Gasteiger partial charge < -0.3 is 4.74 Å². The number of hydrogen-bond donors (Lipinski definition) is 0. The molecule has 0 spiro atoms. The fraction of sp³-hybridized carbons (Fsp3) is 0.200. The molecule has 0 aliphatic rings. The van der Waals surface area contributed by atoms with Crippen molar-refractivity contribution in [3.05, 3.63) is 52.6 Å². The summed E-state index contributed by atoms with van der Waals surface area (Å²) in [5.41, 5.74) is 1.74. The summed E-state index contributed by atoms with van der Waals surface area (Å²) in [6.45, 7) is 4.15. The van der Waals surface area contributed by atoms with Gasteiger partial charge in [0.05, 0.1) is 10.2 Å². The zero-order chi connectivity index (χ0) is 15.0. The summed E-state index contributed by atoms with van der Waals surface area (Å²) < 4.78 is 21.2. The topological polar surface area (TPSA) is 39.4 Å². The number of aromatic nitrogens is 3. The highest BCUT2D eigenvalue weighted by atomic mass is 79.9. The van der Waals surface area contributed by atoms with Gasteiger partial charge in [-0.1, -0.05) is 13.8 Å². The highest BCUT2D eigenvalue weighted by Crippen LogP contribution is 2.31. The highest BCUT2D eigenvalue weighted by molar-refractivity contribution is 9.10. The largest absolute Gasteiger partial charge is 0.436 e. The average molecular weight is 350 g/mol. The van der Waals surface area contributed by atoms with Crippen LogP contribution in [0.3, 0.4) is 0 Å². The molecule has 0 aliphatic carbocycles. The third-order valence-electron chi connectivity index (χ3n) is 3.07. The van der Waals surface area contributed by atoms with Crippen molar-refractivity contribution in [1.82, 2.24) is 14.6 Å². The SMILES string of the molecule is CC(C)c1cc2c(Oc3ccc(F)cc3Br)nccn2n1. The maximum Gasteiger partial charge on any atom is 0.245 e. The molecular weight excluding hydrogens is 337 g/mol. The van der Waals surface area contributed by atoms with Crippen LogP contribution in [-0.4, -0.2) is 14.6 Å². The quantitative estimate of drug-likeness (QED) is 0.696. The van der Waals surface area contributed by atoms with Crippen LogP contribution in [0, 0.1) is 5.82 Å². The van der Waals surface area contributed by atoms with Crippen LogP contribution in [0.25, 0.3) is 5.52 Å². The summed E-state index contributed by atoms with van der Waals surface area (Å²) in [5.74, 6) is 0.927. The van der Waals surface area contributed by atoms with Crippen molar-refractivity contribution in [2.75, 3.05) is 0 Å². The predicted octanol–water partition coefficient (Wildman–Crippen LogP) is 4.55. The maximum atomic E-state index is 13.1. The maximum absolute atomic E-state index is 13.1. The van der Waals surface area contributed by atoms with Gasteiger partial charge in [0, 0.05) is 12.4 Å². The zero-order valence-electron chi connectivity index (χ0n) is 11.5. The summed E-state index contributed by atoms with van der Waals surface area (Å²) in [6.07, 6.45) is 3.39. The Morgan fingerprint density at radius 3 is 2.81 bits per heavy atom. The van der Waals surface area contributed by atoms with Crippen LogP contribution in [0.15, 0.2) is 41.1 Å². The molecule has 4 nitrogen and oxygen atoms in total. The highest BCUT2D eigenvalue weighted by Gasteiger charge is 2.12. The van der Waals surface area contributed by atoms with Crippen LogP contribution < -0.4 is 4.74 Å². The van der Waals surface area contributed by atoms with E-state index in [1.165, 1.54) is 12.1 Å². The molecule has 21 heavy (non-hydrogen) atoms. The van der Waals surface area contributed by atoms with Gasteiger partial charge in [-0.15, -0.1) is 0 Å². The molecule has 0 amide bonds. The molecule has 0 bridgehead atoms. The summed E-state index contributed by atoms with van der Waals surface area (Å²) in [5, 5.41) is 4.48. The molecular formula is C15H13BrFN3O. The Kier molecular flexibility index (Phi) is 3.63. The van der Waals surface area contributed by atoms with Gasteiger partial charge in [0.1, 0.15) is 17.1 Å². The predicted molar refractivity (Wildman–Crippen MR) is 81.3 cm³/mol. The Balaban J connectivity index is 2.04. The fourth-order valence-electron chi connectivity index (χ4n) is 1.94. The number of fused-ring (bicyclic) bond motifs is 1. The molecule has 2 aromatic heterocycles. The van der Waals surface area contributed by atoms with Crippen molar-refractivity contribution in [2.45, 2.75) is 19.8 Å². The minimum atomic E-state index is -0.327. The molecule has 2 heterocycles. The smallest absolute Gasteiger partial charge is 0.245 e. The minimum absolute atomic E-state index is 0.315. The molecule has 6 heteroatoms. The lowest BCUT2D eigenvalue weighted by Crippen LogP contribution is -1.95. The molecule has 3 rings (SSSR count). The van der Waals surface area contributed by atoms with E-state index in [0.717, 1.165) is 11.2 Å². The van der Waals surface area contributed by atoms with Crippen molar-refractivity contribution >= 4 is 21.4 Å². The van der Waals surface area contributed by atoms with Crippen molar-refractivity contribution in [3.8, 4) is 11.6 Å². The van der Waals surface area contributed by atoms with Crippen LogP contribution in [-0.2, 0) is 0 Å². The second-order valence-corrected chi connectivity index (χ2v) is 5.82. The van der Waals surface area contributed by atoms with E-state index in [0.29, 0.717) is 22.0 Å². The number of ether oxygens (including phenoxy) is 1. The average Bonchev–Trinajstić information content (AvgIpc) is 2.87. The van der Waals surface area contributed by atoms with Crippen LogP contribution in [0.4, 0.5) is 4.39 Å². The van der Waals surface area contributed by atoms with E-state index in [9.17, 15) is 4.39 Å². The summed E-state index contributed by atoms with van der Waals surface area (Å²) in [7, 11) is 0. The van der Waals surface area contributed by atoms with E-state index >= 15 is 0 Å². The number of halogens is 2. The van der Waals surface area contributed by atoms with E-state index in [1.54, 1.807) is 23.0 Å². The van der Waals surface area contributed by atoms with Gasteiger partial charge in [0.2, 0.25) is 5.88 Å². The Morgan fingerprint density at radius 2 is 2.10 bits per heavy atom. The molecule has 0 N–H and O–H groups in total. The third kappa shape index (κ3) is 2.76. The molecule has 0 aliphatic heterocycles. The van der Waals surface area contributed by atoms with Gasteiger partial charge in [0.25, 0.3) is 0 Å². The number of benzene rings is 1. The van der Waals surface area contributed by atoms with Gasteiger partial charge >= 0.3 is 0 Å². The molecule has 3 aromatic rings. The standard InChI is InChI=1S/C15H13BrFN3O/c1-9(2)12-8-13-15(18-5-6-20(13)19-12)21-14-4-3-10(17)7-11(14)16/h3-9H,1-2H3. The zero-order valence-corrected chi connectivity index (χ0v) is 13.1. The fourth-order valence-corrected chi connectivity index (χ4v) is 2.37. The first-order valence-corrected chi connectivity index (χ1v) is 7.31. The molecule has 108 valence electrons. The van der Waals surface area contributed by atoms with Gasteiger partial charge in [-0.05, 0) is 46.1 Å². The van der Waals surface area contributed by atoms with E-state index < -0.39 is 0 Å². The van der Waals surface area contributed by atoms with Crippen LogP contribution in [0.1, 0.15) is 25.5 Å². The normalized spacial score (nSPS) is 11.3. The Morgan fingerprint density at radius 1 is 1.29 bits per heavy atom. The molecule has 0 atom stereocenters. The first-order chi connectivity index (χ1) is 10.0. The lowest BCUT2D eigenvalue weighted by atomic mass is 10.1. The Bertz CT molecular complexity index is 801. The van der Waals surface area contributed by atoms with Crippen LogP contribution in [0.2, 0.25) is 0 Å². The van der Waals surface area contributed by atoms with Crippen LogP contribution >= 0.6 is 15.9 Å². The number of rotatable bonds is 3. The number of nitrogens with zero attached hydrogens (tertiary/aromatic N) is 3. The Hall–Kier alpha value is -1.95. The first kappa shape index (κ1) is 14.0. The second-order valence-electron chi connectivity index (χ2n) is 4.96. The van der Waals surface area contributed by atoms with Crippen molar-refractivity contribution < 1.29 is 9.13 Å². The molecule has 0 unspecified atom stereocenters. The van der Waals surface area contributed by atoms with Gasteiger partial charge in [0.15, 0.2) is 0 Å². The number of hydrogen-bond acceptors (Lipinski definition) is 3. The summed E-state index contributed by atoms with van der Waals surface area (Å²) in [4.78, 5) is 4.24. The first-order valence-electron chi connectivity index (χ1n) is 6.52. The molecule has 1 aromatic carbocycles. The van der Waals surface area contributed by atoms with Gasteiger partial charge in [-0.3, -0.25) is 0 Å². The molecule has 0 radical (unpaired) electrons.